The quantitative estimate of drug-likeness (QED) is 0.882. The SMILES string of the molecule is Cc1ccc(C(=O)Nc2cccc(CN3CCSCC3)c2C)cc1C. The monoisotopic (exact) mass is 354 g/mol. The molecule has 0 unspecified atom stereocenters. The minimum atomic E-state index is -0.0438. The van der Waals surface area contributed by atoms with Crippen molar-refractivity contribution in [3.63, 3.8) is 0 Å². The molecule has 3 rings (SSSR count). The number of aryl methyl sites for hydroxylation is 2. The highest BCUT2D eigenvalue weighted by Crippen LogP contribution is 2.23. The predicted octanol–water partition coefficient (Wildman–Crippen LogP) is 4.41. The summed E-state index contributed by atoms with van der Waals surface area (Å²) in [6.07, 6.45) is 0. The molecular formula is C21H26N2OS. The van der Waals surface area contributed by atoms with Gasteiger partial charge < -0.3 is 5.32 Å². The molecule has 4 heteroatoms. The van der Waals surface area contributed by atoms with Crippen molar-refractivity contribution in [1.29, 1.82) is 0 Å². The highest BCUT2D eigenvalue weighted by atomic mass is 32.2. The number of hydrogen-bond acceptors (Lipinski definition) is 3. The van der Waals surface area contributed by atoms with Gasteiger partial charge in [0.05, 0.1) is 0 Å². The predicted molar refractivity (Wildman–Crippen MR) is 108 cm³/mol. The molecule has 2 aromatic rings. The van der Waals surface area contributed by atoms with Gasteiger partial charge in [0.2, 0.25) is 0 Å². The lowest BCUT2D eigenvalue weighted by molar-refractivity contribution is 0.102. The zero-order valence-electron chi connectivity index (χ0n) is 15.3. The Bertz CT molecular complexity index is 766. The topological polar surface area (TPSA) is 32.3 Å². The summed E-state index contributed by atoms with van der Waals surface area (Å²) in [5.41, 5.74) is 6.42. The average molecular weight is 355 g/mol. The van der Waals surface area contributed by atoms with Crippen molar-refractivity contribution in [2.45, 2.75) is 27.3 Å². The van der Waals surface area contributed by atoms with Crippen LogP contribution in [0.2, 0.25) is 0 Å². The maximum Gasteiger partial charge on any atom is 0.255 e. The first-order valence-electron chi connectivity index (χ1n) is 8.82. The van der Waals surface area contributed by atoms with E-state index in [1.165, 1.54) is 22.6 Å². The van der Waals surface area contributed by atoms with Crippen LogP contribution in [0.25, 0.3) is 0 Å². The van der Waals surface area contributed by atoms with Gasteiger partial charge >= 0.3 is 0 Å². The Balaban J connectivity index is 1.74. The van der Waals surface area contributed by atoms with E-state index in [0.29, 0.717) is 5.56 Å². The number of nitrogens with zero attached hydrogens (tertiary/aromatic N) is 1. The standard InChI is InChI=1S/C21H26N2OS/c1-15-7-8-18(13-16(15)2)21(24)22-20-6-4-5-19(17(20)3)14-23-9-11-25-12-10-23/h4-8,13H,9-12,14H2,1-3H3,(H,22,24). The molecule has 1 N–H and O–H groups in total. The number of carbonyl (C=O) groups is 1. The molecule has 1 fully saturated rings. The molecule has 1 amide bonds. The Morgan fingerprint density at radius 2 is 1.84 bits per heavy atom. The van der Waals surface area contributed by atoms with E-state index in [-0.39, 0.29) is 5.91 Å². The Kier molecular flexibility index (Phi) is 5.82. The van der Waals surface area contributed by atoms with Gasteiger partial charge in [-0.2, -0.15) is 11.8 Å². The van der Waals surface area contributed by atoms with Gasteiger partial charge in [-0.3, -0.25) is 9.69 Å². The maximum absolute atomic E-state index is 12.6. The molecule has 1 aliphatic heterocycles. The molecule has 2 aromatic carbocycles. The van der Waals surface area contributed by atoms with E-state index in [9.17, 15) is 4.79 Å². The van der Waals surface area contributed by atoms with Gasteiger partial charge in [0.1, 0.15) is 0 Å². The number of anilines is 1. The van der Waals surface area contributed by atoms with E-state index in [4.69, 9.17) is 0 Å². The summed E-state index contributed by atoms with van der Waals surface area (Å²) in [7, 11) is 0. The van der Waals surface area contributed by atoms with Gasteiger partial charge in [0.25, 0.3) is 5.91 Å². The van der Waals surface area contributed by atoms with Crippen LogP contribution >= 0.6 is 11.8 Å². The molecule has 0 spiro atoms. The summed E-state index contributed by atoms with van der Waals surface area (Å²) in [5.74, 6) is 2.38. The molecule has 0 radical (unpaired) electrons. The van der Waals surface area contributed by atoms with E-state index in [2.05, 4.69) is 30.1 Å². The first-order chi connectivity index (χ1) is 12.0. The second kappa shape index (κ2) is 8.07. The van der Waals surface area contributed by atoms with Crippen LogP contribution in [0.1, 0.15) is 32.6 Å². The third-order valence-electron chi connectivity index (χ3n) is 4.96. The van der Waals surface area contributed by atoms with Crippen molar-refractivity contribution in [1.82, 2.24) is 4.90 Å². The van der Waals surface area contributed by atoms with Crippen LogP contribution < -0.4 is 5.32 Å². The normalized spacial score (nSPS) is 15.2. The van der Waals surface area contributed by atoms with Crippen LogP contribution in [0.5, 0.6) is 0 Å². The Hall–Kier alpha value is -1.78. The minimum Gasteiger partial charge on any atom is -0.322 e. The molecule has 1 heterocycles. The van der Waals surface area contributed by atoms with Gasteiger partial charge in [-0.1, -0.05) is 18.2 Å². The molecule has 0 aliphatic carbocycles. The lowest BCUT2D eigenvalue weighted by Gasteiger charge is -2.27. The van der Waals surface area contributed by atoms with Crippen molar-refractivity contribution in [2.75, 3.05) is 29.9 Å². The number of nitrogens with one attached hydrogen (secondary N) is 1. The summed E-state index contributed by atoms with van der Waals surface area (Å²) in [6, 6.07) is 12.0. The highest BCUT2D eigenvalue weighted by molar-refractivity contribution is 7.99. The summed E-state index contributed by atoms with van der Waals surface area (Å²) in [5, 5.41) is 3.09. The van der Waals surface area contributed by atoms with Gasteiger partial charge in [0.15, 0.2) is 0 Å². The zero-order chi connectivity index (χ0) is 17.8. The number of benzene rings is 2. The third kappa shape index (κ3) is 4.44. The van der Waals surface area contributed by atoms with Gasteiger partial charge in [-0.15, -0.1) is 0 Å². The summed E-state index contributed by atoms with van der Waals surface area (Å²) < 4.78 is 0. The molecule has 0 atom stereocenters. The smallest absolute Gasteiger partial charge is 0.255 e. The Labute approximate surface area is 154 Å². The Morgan fingerprint density at radius 3 is 2.56 bits per heavy atom. The molecule has 132 valence electrons. The van der Waals surface area contributed by atoms with E-state index in [1.807, 2.05) is 49.0 Å². The van der Waals surface area contributed by atoms with Crippen molar-refractivity contribution >= 4 is 23.4 Å². The van der Waals surface area contributed by atoms with Gasteiger partial charge in [0, 0.05) is 42.4 Å². The second-order valence-corrected chi connectivity index (χ2v) is 7.96. The van der Waals surface area contributed by atoms with Crippen LogP contribution in [-0.2, 0) is 6.54 Å². The molecule has 3 nitrogen and oxygen atoms in total. The third-order valence-corrected chi connectivity index (χ3v) is 5.90. The highest BCUT2D eigenvalue weighted by Gasteiger charge is 2.14. The van der Waals surface area contributed by atoms with E-state index < -0.39 is 0 Å². The Morgan fingerprint density at radius 1 is 1.08 bits per heavy atom. The number of amides is 1. The van der Waals surface area contributed by atoms with Gasteiger partial charge in [-0.25, -0.2) is 0 Å². The van der Waals surface area contributed by atoms with Crippen molar-refractivity contribution in [3.8, 4) is 0 Å². The maximum atomic E-state index is 12.6. The second-order valence-electron chi connectivity index (χ2n) is 6.73. The van der Waals surface area contributed by atoms with Crippen LogP contribution in [0.3, 0.4) is 0 Å². The van der Waals surface area contributed by atoms with Gasteiger partial charge in [-0.05, 0) is 61.2 Å². The number of hydrogen-bond donors (Lipinski definition) is 1. The number of thioether (sulfide) groups is 1. The largest absolute Gasteiger partial charge is 0.322 e. The molecule has 1 saturated heterocycles. The van der Waals surface area contributed by atoms with E-state index in [1.54, 1.807) is 0 Å². The molecular weight excluding hydrogens is 328 g/mol. The molecule has 0 bridgehead atoms. The first-order valence-corrected chi connectivity index (χ1v) is 9.97. The van der Waals surface area contributed by atoms with Crippen LogP contribution in [0.15, 0.2) is 36.4 Å². The lowest BCUT2D eigenvalue weighted by Crippen LogP contribution is -2.32. The van der Waals surface area contributed by atoms with E-state index in [0.717, 1.165) is 36.4 Å². The fourth-order valence-corrected chi connectivity index (χ4v) is 4.05. The van der Waals surface area contributed by atoms with E-state index >= 15 is 0 Å². The minimum absolute atomic E-state index is 0.0438. The van der Waals surface area contributed by atoms with Crippen LogP contribution in [0, 0.1) is 20.8 Å². The fourth-order valence-electron chi connectivity index (χ4n) is 3.07. The van der Waals surface area contributed by atoms with Crippen LogP contribution in [-0.4, -0.2) is 35.4 Å². The zero-order valence-corrected chi connectivity index (χ0v) is 16.1. The summed E-state index contributed by atoms with van der Waals surface area (Å²) in [6.45, 7) is 9.44. The van der Waals surface area contributed by atoms with Crippen molar-refractivity contribution in [3.05, 3.63) is 64.2 Å². The molecule has 0 aromatic heterocycles. The van der Waals surface area contributed by atoms with Crippen LogP contribution in [0.4, 0.5) is 5.69 Å². The molecule has 0 saturated carbocycles. The number of carbonyl (C=O) groups excluding carboxylic acids is 1. The average Bonchev–Trinajstić information content (AvgIpc) is 2.61. The van der Waals surface area contributed by atoms with Crippen molar-refractivity contribution < 1.29 is 4.79 Å². The first kappa shape index (κ1) is 18.0. The van der Waals surface area contributed by atoms with Crippen molar-refractivity contribution in [2.24, 2.45) is 0 Å². The fraction of sp³-hybridized carbons (Fsp3) is 0.381. The summed E-state index contributed by atoms with van der Waals surface area (Å²) >= 11 is 2.03. The number of rotatable bonds is 4. The summed E-state index contributed by atoms with van der Waals surface area (Å²) in [4.78, 5) is 15.1. The lowest BCUT2D eigenvalue weighted by atomic mass is 10.0. The molecule has 25 heavy (non-hydrogen) atoms. The molecule has 1 aliphatic rings.